The molecule has 1 saturated heterocycles. The van der Waals surface area contributed by atoms with Gasteiger partial charge in [0.15, 0.2) is 5.69 Å². The third kappa shape index (κ3) is 4.46. The number of nitrogens with one attached hydrogen (secondary N) is 2. The number of amides is 1. The predicted molar refractivity (Wildman–Crippen MR) is 90.4 cm³/mol. The van der Waals surface area contributed by atoms with Gasteiger partial charge in [-0.15, -0.1) is 5.10 Å². The van der Waals surface area contributed by atoms with Crippen LogP contribution in [0.3, 0.4) is 0 Å². The normalized spacial score (nSPS) is 17.4. The molecule has 2 N–H and O–H groups in total. The quantitative estimate of drug-likeness (QED) is 0.748. The minimum Gasteiger partial charge on any atom is -0.348 e. The summed E-state index contributed by atoms with van der Waals surface area (Å²) in [4.78, 5) is 12.4. The minimum atomic E-state index is -0.105. The van der Waals surface area contributed by atoms with E-state index in [4.69, 9.17) is 0 Å². The van der Waals surface area contributed by atoms with Crippen LogP contribution in [0.25, 0.3) is 0 Å². The summed E-state index contributed by atoms with van der Waals surface area (Å²) in [7, 11) is 0. The molecule has 22 heavy (non-hydrogen) atoms. The Morgan fingerprint density at radius 1 is 1.50 bits per heavy atom. The lowest BCUT2D eigenvalue weighted by atomic mass is 10.1. The van der Waals surface area contributed by atoms with Crippen LogP contribution in [-0.2, 0) is 0 Å². The van der Waals surface area contributed by atoms with E-state index < -0.39 is 0 Å². The summed E-state index contributed by atoms with van der Waals surface area (Å²) in [6, 6.07) is 0.517. The molecule has 0 bridgehead atoms. The van der Waals surface area contributed by atoms with Gasteiger partial charge in [0.2, 0.25) is 0 Å². The van der Waals surface area contributed by atoms with Crippen molar-refractivity contribution >= 4 is 17.7 Å². The number of nitrogens with zero attached hydrogens (tertiary/aromatic N) is 3. The molecule has 7 heteroatoms. The first kappa shape index (κ1) is 17.3. The van der Waals surface area contributed by atoms with Crippen molar-refractivity contribution < 1.29 is 4.79 Å². The molecular weight excluding hydrogens is 298 g/mol. The van der Waals surface area contributed by atoms with Crippen LogP contribution in [0.5, 0.6) is 0 Å². The Kier molecular flexibility index (Phi) is 6.70. The van der Waals surface area contributed by atoms with Gasteiger partial charge in [0, 0.05) is 6.04 Å². The van der Waals surface area contributed by atoms with Crippen LogP contribution in [0, 0.1) is 6.92 Å². The van der Waals surface area contributed by atoms with Crippen molar-refractivity contribution in [3.05, 3.63) is 11.4 Å². The summed E-state index contributed by atoms with van der Waals surface area (Å²) < 4.78 is 1.92. The van der Waals surface area contributed by atoms with E-state index in [1.165, 1.54) is 0 Å². The predicted octanol–water partition coefficient (Wildman–Crippen LogP) is 1.77. The van der Waals surface area contributed by atoms with Gasteiger partial charge in [0.25, 0.3) is 5.91 Å². The largest absolute Gasteiger partial charge is 0.348 e. The molecule has 2 rings (SSSR count). The Morgan fingerprint density at radius 2 is 2.23 bits per heavy atom. The van der Waals surface area contributed by atoms with Gasteiger partial charge >= 0.3 is 0 Å². The second-order valence-electron chi connectivity index (χ2n) is 5.81. The van der Waals surface area contributed by atoms with E-state index in [-0.39, 0.29) is 11.9 Å². The number of hydrogen-bond acceptors (Lipinski definition) is 5. The average molecular weight is 325 g/mol. The Balaban J connectivity index is 1.94. The molecule has 0 spiro atoms. The molecule has 1 aliphatic heterocycles. The summed E-state index contributed by atoms with van der Waals surface area (Å²) in [6.45, 7) is 8.13. The fourth-order valence-electron chi connectivity index (χ4n) is 2.72. The molecule has 0 radical (unpaired) electrons. The van der Waals surface area contributed by atoms with E-state index in [9.17, 15) is 4.79 Å². The number of piperidine rings is 1. The lowest BCUT2D eigenvalue weighted by molar-refractivity contribution is 0.0933. The van der Waals surface area contributed by atoms with Crippen molar-refractivity contribution in [1.82, 2.24) is 25.6 Å². The van der Waals surface area contributed by atoms with E-state index in [1.54, 1.807) is 0 Å². The van der Waals surface area contributed by atoms with Crippen LogP contribution < -0.4 is 10.6 Å². The lowest BCUT2D eigenvalue weighted by Crippen LogP contribution is -2.34. The first-order valence-corrected chi connectivity index (χ1v) is 9.30. The molecule has 6 nitrogen and oxygen atoms in total. The van der Waals surface area contributed by atoms with Gasteiger partial charge < -0.3 is 10.6 Å². The third-order valence-electron chi connectivity index (χ3n) is 4.07. The number of carbonyl (C=O) groups is 1. The second kappa shape index (κ2) is 8.53. The zero-order valence-corrected chi connectivity index (χ0v) is 14.6. The first-order chi connectivity index (χ1) is 10.6. The van der Waals surface area contributed by atoms with E-state index in [0.717, 1.165) is 49.6 Å². The van der Waals surface area contributed by atoms with Crippen LogP contribution in [0.15, 0.2) is 0 Å². The van der Waals surface area contributed by atoms with E-state index in [1.807, 2.05) is 30.3 Å². The summed E-state index contributed by atoms with van der Waals surface area (Å²) in [5.74, 6) is 2.08. The monoisotopic (exact) mass is 325 g/mol. The zero-order valence-electron chi connectivity index (χ0n) is 13.8. The number of thioether (sulfide) groups is 1. The molecular formula is C15H27N5OS. The molecule has 0 saturated carbocycles. The molecule has 0 aromatic carbocycles. The summed E-state index contributed by atoms with van der Waals surface area (Å²) in [5.41, 5.74) is 1.34. The van der Waals surface area contributed by atoms with Crippen molar-refractivity contribution in [3.63, 3.8) is 0 Å². The summed E-state index contributed by atoms with van der Waals surface area (Å²) in [6.07, 6.45) is 3.05. The highest BCUT2D eigenvalue weighted by Crippen LogP contribution is 2.20. The van der Waals surface area contributed by atoms with Crippen molar-refractivity contribution in [3.8, 4) is 0 Å². The maximum absolute atomic E-state index is 12.4. The van der Waals surface area contributed by atoms with Gasteiger partial charge in [-0.05, 0) is 57.7 Å². The minimum absolute atomic E-state index is 0.105. The van der Waals surface area contributed by atoms with Crippen LogP contribution in [0.4, 0.5) is 0 Å². The SMILES string of the molecule is CCSCCC(C)NC(=O)c1nnn(C2CCNCC2)c1C. The van der Waals surface area contributed by atoms with Gasteiger partial charge in [-0.3, -0.25) is 4.79 Å². The Morgan fingerprint density at radius 3 is 2.91 bits per heavy atom. The molecule has 1 atom stereocenters. The molecule has 1 aliphatic rings. The Hall–Kier alpha value is -1.08. The number of aromatic nitrogens is 3. The van der Waals surface area contributed by atoms with E-state index in [2.05, 4.69) is 27.9 Å². The van der Waals surface area contributed by atoms with Gasteiger partial charge in [-0.2, -0.15) is 11.8 Å². The van der Waals surface area contributed by atoms with Crippen molar-refractivity contribution in [2.24, 2.45) is 0 Å². The number of carbonyl (C=O) groups excluding carboxylic acids is 1. The number of rotatable bonds is 7. The summed E-state index contributed by atoms with van der Waals surface area (Å²) >= 11 is 1.90. The topological polar surface area (TPSA) is 71.8 Å². The zero-order chi connectivity index (χ0) is 15.9. The Labute approximate surface area is 136 Å². The number of hydrogen-bond donors (Lipinski definition) is 2. The smallest absolute Gasteiger partial charge is 0.273 e. The Bertz CT molecular complexity index is 484. The molecule has 1 fully saturated rings. The first-order valence-electron chi connectivity index (χ1n) is 8.14. The van der Waals surface area contributed by atoms with Crippen LogP contribution in [0.2, 0.25) is 0 Å². The van der Waals surface area contributed by atoms with Crippen molar-refractivity contribution in [2.75, 3.05) is 24.6 Å². The molecule has 1 aromatic rings. The van der Waals surface area contributed by atoms with Crippen LogP contribution in [0.1, 0.15) is 55.3 Å². The molecule has 1 aromatic heterocycles. The van der Waals surface area contributed by atoms with Crippen LogP contribution >= 0.6 is 11.8 Å². The van der Waals surface area contributed by atoms with Gasteiger partial charge in [0.1, 0.15) is 0 Å². The standard InChI is InChI=1S/C15H27N5OS/c1-4-22-10-7-11(2)17-15(21)14-12(3)20(19-18-14)13-5-8-16-9-6-13/h11,13,16H,4-10H2,1-3H3,(H,17,21). The van der Waals surface area contributed by atoms with E-state index >= 15 is 0 Å². The van der Waals surface area contributed by atoms with Crippen LogP contribution in [-0.4, -0.2) is 51.5 Å². The maximum Gasteiger partial charge on any atom is 0.273 e. The van der Waals surface area contributed by atoms with Crippen molar-refractivity contribution in [2.45, 2.75) is 52.1 Å². The summed E-state index contributed by atoms with van der Waals surface area (Å²) in [5, 5.41) is 14.7. The molecule has 1 unspecified atom stereocenters. The third-order valence-corrected chi connectivity index (χ3v) is 5.01. The fourth-order valence-corrected chi connectivity index (χ4v) is 3.53. The highest BCUT2D eigenvalue weighted by atomic mass is 32.2. The molecule has 0 aliphatic carbocycles. The average Bonchev–Trinajstić information content (AvgIpc) is 2.90. The van der Waals surface area contributed by atoms with Gasteiger partial charge in [-0.1, -0.05) is 12.1 Å². The molecule has 124 valence electrons. The fraction of sp³-hybridized carbons (Fsp3) is 0.800. The second-order valence-corrected chi connectivity index (χ2v) is 7.20. The van der Waals surface area contributed by atoms with E-state index in [0.29, 0.717) is 11.7 Å². The van der Waals surface area contributed by atoms with Gasteiger partial charge in [0.05, 0.1) is 11.7 Å². The lowest BCUT2D eigenvalue weighted by Gasteiger charge is -2.23. The van der Waals surface area contributed by atoms with Gasteiger partial charge in [-0.25, -0.2) is 4.68 Å². The van der Waals surface area contributed by atoms with Crippen molar-refractivity contribution in [1.29, 1.82) is 0 Å². The molecule has 1 amide bonds. The highest BCUT2D eigenvalue weighted by molar-refractivity contribution is 7.99. The molecule has 2 heterocycles. The highest BCUT2D eigenvalue weighted by Gasteiger charge is 2.23. The maximum atomic E-state index is 12.4.